The quantitative estimate of drug-likeness (QED) is 0.754. The van der Waals surface area contributed by atoms with Gasteiger partial charge in [0.05, 0.1) is 17.0 Å². The van der Waals surface area contributed by atoms with Gasteiger partial charge in [0.15, 0.2) is 0 Å². The molecule has 0 radical (unpaired) electrons. The van der Waals surface area contributed by atoms with Crippen molar-refractivity contribution >= 4 is 17.3 Å². The molecule has 1 heterocycles. The molecular weight excluding hydrogens is 212 g/mol. The SMILES string of the molecule is CCCNC(C(=O)OCC)c1cncs1. The lowest BCUT2D eigenvalue weighted by atomic mass is 10.2. The van der Waals surface area contributed by atoms with Crippen LogP contribution in [0, 0.1) is 0 Å². The summed E-state index contributed by atoms with van der Waals surface area (Å²) in [5.41, 5.74) is 1.72. The summed E-state index contributed by atoms with van der Waals surface area (Å²) in [5, 5.41) is 3.15. The third-order valence-electron chi connectivity index (χ3n) is 1.86. The summed E-state index contributed by atoms with van der Waals surface area (Å²) in [6.45, 7) is 5.06. The van der Waals surface area contributed by atoms with E-state index in [2.05, 4.69) is 17.2 Å². The van der Waals surface area contributed by atoms with Gasteiger partial charge in [0, 0.05) is 6.20 Å². The highest BCUT2D eigenvalue weighted by Gasteiger charge is 2.22. The van der Waals surface area contributed by atoms with Gasteiger partial charge < -0.3 is 4.74 Å². The van der Waals surface area contributed by atoms with Crippen molar-refractivity contribution in [1.82, 2.24) is 10.3 Å². The summed E-state index contributed by atoms with van der Waals surface area (Å²) in [6, 6.07) is -0.364. The summed E-state index contributed by atoms with van der Waals surface area (Å²) in [4.78, 5) is 16.5. The smallest absolute Gasteiger partial charge is 0.328 e. The van der Waals surface area contributed by atoms with Crippen LogP contribution >= 0.6 is 11.3 Å². The van der Waals surface area contributed by atoms with Crippen molar-refractivity contribution in [2.45, 2.75) is 26.3 Å². The summed E-state index contributed by atoms with van der Waals surface area (Å²) < 4.78 is 5.00. The number of esters is 1. The minimum Gasteiger partial charge on any atom is -0.465 e. The van der Waals surface area contributed by atoms with Crippen molar-refractivity contribution < 1.29 is 9.53 Å². The largest absolute Gasteiger partial charge is 0.465 e. The first-order valence-corrected chi connectivity index (χ1v) is 5.96. The number of nitrogens with one attached hydrogen (secondary N) is 1. The molecule has 4 nitrogen and oxygen atoms in total. The maximum absolute atomic E-state index is 11.6. The number of nitrogens with zero attached hydrogens (tertiary/aromatic N) is 1. The van der Waals surface area contributed by atoms with Crippen molar-refractivity contribution in [1.29, 1.82) is 0 Å². The number of hydrogen-bond donors (Lipinski definition) is 1. The van der Waals surface area contributed by atoms with Crippen LogP contribution in [0.3, 0.4) is 0 Å². The van der Waals surface area contributed by atoms with Gasteiger partial charge in [-0.2, -0.15) is 0 Å². The maximum Gasteiger partial charge on any atom is 0.328 e. The lowest BCUT2D eigenvalue weighted by Crippen LogP contribution is -2.30. The summed E-state index contributed by atoms with van der Waals surface area (Å²) in [7, 11) is 0. The van der Waals surface area contributed by atoms with Crippen LogP contribution in [0.5, 0.6) is 0 Å². The Labute approximate surface area is 93.7 Å². The fraction of sp³-hybridized carbons (Fsp3) is 0.600. The first-order valence-electron chi connectivity index (χ1n) is 5.08. The second-order valence-corrected chi connectivity index (χ2v) is 3.96. The monoisotopic (exact) mass is 228 g/mol. The zero-order chi connectivity index (χ0) is 11.1. The Morgan fingerprint density at radius 1 is 1.67 bits per heavy atom. The Balaban J connectivity index is 2.65. The van der Waals surface area contributed by atoms with Gasteiger partial charge in [-0.3, -0.25) is 10.3 Å². The lowest BCUT2D eigenvalue weighted by molar-refractivity contribution is -0.145. The van der Waals surface area contributed by atoms with Gasteiger partial charge in [-0.05, 0) is 19.9 Å². The van der Waals surface area contributed by atoms with Gasteiger partial charge in [-0.1, -0.05) is 6.92 Å². The number of rotatable bonds is 6. The molecule has 0 aliphatic carbocycles. The molecular formula is C10H16N2O2S. The molecule has 0 aliphatic heterocycles. The highest BCUT2D eigenvalue weighted by molar-refractivity contribution is 7.09. The van der Waals surface area contributed by atoms with E-state index in [-0.39, 0.29) is 12.0 Å². The van der Waals surface area contributed by atoms with Gasteiger partial charge in [0.1, 0.15) is 6.04 Å². The number of thiazole rings is 1. The summed E-state index contributed by atoms with van der Waals surface area (Å²) >= 11 is 1.46. The molecule has 84 valence electrons. The van der Waals surface area contributed by atoms with E-state index >= 15 is 0 Å². The fourth-order valence-corrected chi connectivity index (χ4v) is 1.86. The van der Waals surface area contributed by atoms with E-state index in [1.165, 1.54) is 11.3 Å². The van der Waals surface area contributed by atoms with E-state index in [0.29, 0.717) is 6.61 Å². The second kappa shape index (κ2) is 6.53. The van der Waals surface area contributed by atoms with Gasteiger partial charge in [0.2, 0.25) is 0 Å². The molecule has 5 heteroatoms. The van der Waals surface area contributed by atoms with Gasteiger partial charge in [-0.15, -0.1) is 11.3 Å². The molecule has 0 spiro atoms. The summed E-state index contributed by atoms with van der Waals surface area (Å²) in [6.07, 6.45) is 2.68. The molecule has 0 saturated heterocycles. The van der Waals surface area contributed by atoms with Crippen molar-refractivity contribution in [3.05, 3.63) is 16.6 Å². The maximum atomic E-state index is 11.6. The van der Waals surface area contributed by atoms with E-state index in [1.54, 1.807) is 18.6 Å². The minimum absolute atomic E-state index is 0.227. The highest BCUT2D eigenvalue weighted by Crippen LogP contribution is 2.18. The number of ether oxygens (including phenoxy) is 1. The Hall–Kier alpha value is -0.940. The molecule has 0 fully saturated rings. The molecule has 0 aliphatic rings. The molecule has 1 rings (SSSR count). The Kier molecular flexibility index (Phi) is 5.28. The van der Waals surface area contributed by atoms with Crippen LogP contribution in [0.15, 0.2) is 11.7 Å². The zero-order valence-electron chi connectivity index (χ0n) is 9.03. The Morgan fingerprint density at radius 2 is 2.47 bits per heavy atom. The molecule has 1 atom stereocenters. The second-order valence-electron chi connectivity index (χ2n) is 3.04. The third kappa shape index (κ3) is 3.60. The highest BCUT2D eigenvalue weighted by atomic mass is 32.1. The molecule has 1 unspecified atom stereocenters. The van der Waals surface area contributed by atoms with E-state index in [0.717, 1.165) is 17.8 Å². The van der Waals surface area contributed by atoms with Crippen molar-refractivity contribution in [2.75, 3.05) is 13.2 Å². The first-order chi connectivity index (χ1) is 7.29. The molecule has 1 N–H and O–H groups in total. The topological polar surface area (TPSA) is 51.2 Å². The zero-order valence-corrected chi connectivity index (χ0v) is 9.84. The third-order valence-corrected chi connectivity index (χ3v) is 2.70. The predicted octanol–water partition coefficient (Wildman–Crippen LogP) is 1.75. The molecule has 0 amide bonds. The van der Waals surface area contributed by atoms with Gasteiger partial charge >= 0.3 is 5.97 Å². The van der Waals surface area contributed by atoms with Crippen molar-refractivity contribution in [2.24, 2.45) is 0 Å². The Bertz CT molecular complexity index is 288. The van der Waals surface area contributed by atoms with Crippen LogP contribution < -0.4 is 5.32 Å². The molecule has 0 bridgehead atoms. The average Bonchev–Trinajstić information content (AvgIpc) is 2.72. The van der Waals surface area contributed by atoms with E-state index < -0.39 is 0 Å². The lowest BCUT2D eigenvalue weighted by Gasteiger charge is -2.14. The van der Waals surface area contributed by atoms with Gasteiger partial charge in [0.25, 0.3) is 0 Å². The average molecular weight is 228 g/mol. The molecule has 1 aromatic rings. The van der Waals surface area contributed by atoms with E-state index in [4.69, 9.17) is 4.74 Å². The summed E-state index contributed by atoms with van der Waals surface area (Å²) in [5.74, 6) is -0.227. The van der Waals surface area contributed by atoms with Crippen LogP contribution in [-0.4, -0.2) is 24.1 Å². The predicted molar refractivity (Wildman–Crippen MR) is 59.8 cm³/mol. The van der Waals surface area contributed by atoms with Crippen molar-refractivity contribution in [3.8, 4) is 0 Å². The number of carbonyl (C=O) groups excluding carboxylic acids is 1. The number of aromatic nitrogens is 1. The van der Waals surface area contributed by atoms with Crippen LogP contribution in [0.4, 0.5) is 0 Å². The normalized spacial score (nSPS) is 12.4. The fourth-order valence-electron chi connectivity index (χ4n) is 1.18. The molecule has 15 heavy (non-hydrogen) atoms. The number of carbonyl (C=O) groups is 1. The van der Waals surface area contributed by atoms with Crippen LogP contribution in [0.25, 0.3) is 0 Å². The van der Waals surface area contributed by atoms with Crippen LogP contribution in [0.1, 0.15) is 31.2 Å². The first kappa shape index (κ1) is 12.1. The molecule has 0 aromatic carbocycles. The standard InChI is InChI=1S/C10H16N2O2S/c1-3-5-12-9(10(13)14-4-2)8-6-11-7-15-8/h6-7,9,12H,3-5H2,1-2H3. The van der Waals surface area contributed by atoms with Crippen LogP contribution in [0.2, 0.25) is 0 Å². The van der Waals surface area contributed by atoms with Crippen molar-refractivity contribution in [3.63, 3.8) is 0 Å². The number of hydrogen-bond acceptors (Lipinski definition) is 5. The van der Waals surface area contributed by atoms with E-state index in [9.17, 15) is 4.79 Å². The molecule has 1 aromatic heterocycles. The van der Waals surface area contributed by atoms with Crippen LogP contribution in [-0.2, 0) is 9.53 Å². The minimum atomic E-state index is -0.364. The Morgan fingerprint density at radius 3 is 3.00 bits per heavy atom. The molecule has 0 saturated carbocycles. The van der Waals surface area contributed by atoms with E-state index in [1.807, 2.05) is 0 Å². The van der Waals surface area contributed by atoms with Gasteiger partial charge in [-0.25, -0.2) is 4.79 Å².